The summed E-state index contributed by atoms with van der Waals surface area (Å²) in [4.78, 5) is 44.7. The molecule has 3 saturated heterocycles. The molecule has 0 bridgehead atoms. The summed E-state index contributed by atoms with van der Waals surface area (Å²) >= 11 is 0. The molecule has 0 spiro atoms. The van der Waals surface area contributed by atoms with E-state index in [2.05, 4.69) is 45.4 Å². The third-order valence-electron chi connectivity index (χ3n) is 12.8. The molecule has 7 rings (SSSR count). The van der Waals surface area contributed by atoms with Crippen LogP contribution in [0.2, 0.25) is 0 Å². The van der Waals surface area contributed by atoms with Crippen molar-refractivity contribution in [1.82, 2.24) is 20.0 Å². The highest BCUT2D eigenvalue weighted by molar-refractivity contribution is 7.90. The zero-order chi connectivity index (χ0) is 40.8. The average molecular weight is 813 g/mol. The van der Waals surface area contributed by atoms with Gasteiger partial charge in [0.15, 0.2) is 11.5 Å². The third kappa shape index (κ3) is 10.1. The van der Waals surface area contributed by atoms with Crippen LogP contribution in [0.3, 0.4) is 0 Å². The fourth-order valence-corrected chi connectivity index (χ4v) is 10.5. The molecule has 4 heterocycles. The Morgan fingerprint density at radius 3 is 2.26 bits per heavy atom. The Kier molecular flexibility index (Phi) is 13.6. The molecule has 11 nitrogen and oxygen atoms in total. The number of unbranched alkanes of at least 4 members (excludes halogenated alkanes) is 2. The van der Waals surface area contributed by atoms with Crippen molar-refractivity contribution in [3.8, 4) is 11.5 Å². The van der Waals surface area contributed by atoms with Gasteiger partial charge in [0.25, 0.3) is 5.91 Å². The Morgan fingerprint density at radius 1 is 0.828 bits per heavy atom. The molecule has 0 radical (unpaired) electrons. The number of fused-ring (bicyclic) bond motifs is 1. The summed E-state index contributed by atoms with van der Waals surface area (Å²) in [5, 5.41) is 2.48. The molecule has 0 aromatic heterocycles. The highest BCUT2D eigenvalue weighted by atomic mass is 32.2. The lowest BCUT2D eigenvalue weighted by Gasteiger charge is -2.42. The van der Waals surface area contributed by atoms with Crippen molar-refractivity contribution in [3.05, 3.63) is 94.0 Å². The van der Waals surface area contributed by atoms with Gasteiger partial charge in [0.05, 0.1) is 31.4 Å². The Balaban J connectivity index is 0.825. The molecular weight excluding hydrogens is 753 g/mol. The quantitative estimate of drug-likeness (QED) is 0.129. The highest BCUT2D eigenvalue weighted by Crippen LogP contribution is 2.38. The van der Waals surface area contributed by atoms with Crippen LogP contribution in [0.1, 0.15) is 121 Å². The van der Waals surface area contributed by atoms with Gasteiger partial charge in [-0.3, -0.25) is 19.7 Å². The number of hydrogen-bond acceptors (Lipinski definition) is 9. The normalized spacial score (nSPS) is 20.6. The first-order chi connectivity index (χ1) is 28.0. The lowest BCUT2D eigenvalue weighted by Crippen LogP contribution is -2.47. The van der Waals surface area contributed by atoms with Gasteiger partial charge in [-0.05, 0) is 143 Å². The van der Waals surface area contributed by atoms with E-state index in [4.69, 9.17) is 9.47 Å². The fraction of sp³-hybridized carbons (Fsp3) is 0.543. The lowest BCUT2D eigenvalue weighted by molar-refractivity contribution is -0.134. The molecule has 3 amide bonds. The molecule has 4 aliphatic rings. The van der Waals surface area contributed by atoms with Crippen molar-refractivity contribution in [2.75, 3.05) is 58.4 Å². The maximum atomic E-state index is 13.9. The number of aryl methyl sites for hydroxylation is 1. The lowest BCUT2D eigenvalue weighted by atomic mass is 9.85. The van der Waals surface area contributed by atoms with E-state index in [-0.39, 0.29) is 29.4 Å². The van der Waals surface area contributed by atoms with Crippen molar-refractivity contribution in [2.45, 2.75) is 102 Å². The largest absolute Gasteiger partial charge is 0.493 e. The van der Waals surface area contributed by atoms with Crippen LogP contribution in [-0.4, -0.2) is 105 Å². The molecule has 1 N–H and O–H groups in total. The van der Waals surface area contributed by atoms with Gasteiger partial charge in [-0.1, -0.05) is 48.9 Å². The summed E-state index contributed by atoms with van der Waals surface area (Å²) in [5.41, 5.74) is 5.81. The minimum Gasteiger partial charge on any atom is -0.493 e. The van der Waals surface area contributed by atoms with Crippen LogP contribution in [0.4, 0.5) is 0 Å². The number of amides is 3. The molecule has 1 unspecified atom stereocenters. The number of sulfone groups is 1. The summed E-state index contributed by atoms with van der Waals surface area (Å²) in [6.07, 6.45) is 11.2. The number of carbonyl (C=O) groups excluding carboxylic acids is 3. The number of imide groups is 1. The molecule has 58 heavy (non-hydrogen) atoms. The number of nitrogens with zero attached hydrogens (tertiary/aromatic N) is 3. The van der Waals surface area contributed by atoms with Crippen LogP contribution in [0.15, 0.2) is 60.7 Å². The standard InChI is InChI=1S/C46H60N4O7S/c1-4-57-43-29-36(15-17-42(43)56-2)41(31-58(3,54)55)50-30-37-10-9-32(28-40(37)46(50)53)8-6-5-7-23-48-24-21-38(22-25-48)49-26-19-34(20-27-49)33-11-13-35(14-12-33)39-16-18-44(51)47-45(39)52/h9-15,17,28-29,34,38-39,41H,4-8,16,18-27,30-31H2,1-3H3,(H,47,51,52)/t39?,41-/m1/s1. The second kappa shape index (κ2) is 18.8. The summed E-state index contributed by atoms with van der Waals surface area (Å²) in [7, 11) is -1.84. The Bertz CT molecular complexity index is 2040. The van der Waals surface area contributed by atoms with E-state index in [1.165, 1.54) is 24.7 Å². The van der Waals surface area contributed by atoms with E-state index >= 15 is 0 Å². The summed E-state index contributed by atoms with van der Waals surface area (Å²) < 4.78 is 36.4. The molecule has 312 valence electrons. The number of rotatable bonds is 16. The Labute approximate surface area is 344 Å². The van der Waals surface area contributed by atoms with E-state index in [0.717, 1.165) is 87.9 Å². The van der Waals surface area contributed by atoms with Crippen LogP contribution in [0.5, 0.6) is 11.5 Å². The number of likely N-dealkylation sites (tertiary alicyclic amines) is 2. The predicted molar refractivity (Wildman–Crippen MR) is 225 cm³/mol. The molecule has 3 fully saturated rings. The molecule has 0 saturated carbocycles. The van der Waals surface area contributed by atoms with Gasteiger partial charge in [-0.2, -0.15) is 0 Å². The van der Waals surface area contributed by atoms with Crippen LogP contribution in [-0.2, 0) is 32.4 Å². The monoisotopic (exact) mass is 812 g/mol. The SMILES string of the molecule is CCOc1cc([C@@H](CS(C)(=O)=O)N2Cc3ccc(CCCCCN4CCC(N5CCC(c6ccc(C7CCC(=O)NC7=O)cc6)CC5)CC4)cc3C2=O)ccc1OC. The van der Waals surface area contributed by atoms with Crippen LogP contribution in [0, 0.1) is 0 Å². The van der Waals surface area contributed by atoms with Gasteiger partial charge >= 0.3 is 0 Å². The van der Waals surface area contributed by atoms with Gasteiger partial charge in [-0.15, -0.1) is 0 Å². The maximum Gasteiger partial charge on any atom is 0.255 e. The van der Waals surface area contributed by atoms with Crippen molar-refractivity contribution in [2.24, 2.45) is 0 Å². The van der Waals surface area contributed by atoms with Gasteiger partial charge in [0.2, 0.25) is 11.8 Å². The van der Waals surface area contributed by atoms with E-state index < -0.39 is 15.9 Å². The first kappa shape index (κ1) is 41.9. The minimum absolute atomic E-state index is 0.134. The third-order valence-corrected chi connectivity index (χ3v) is 13.7. The van der Waals surface area contributed by atoms with Gasteiger partial charge in [0.1, 0.15) is 9.84 Å². The number of piperidine rings is 3. The molecule has 12 heteroatoms. The zero-order valence-corrected chi connectivity index (χ0v) is 35.2. The molecule has 4 aliphatic heterocycles. The number of benzene rings is 3. The second-order valence-electron chi connectivity index (χ2n) is 16.7. The van der Waals surface area contributed by atoms with Gasteiger partial charge in [-0.25, -0.2) is 8.42 Å². The second-order valence-corrected chi connectivity index (χ2v) is 18.9. The predicted octanol–water partition coefficient (Wildman–Crippen LogP) is 6.41. The summed E-state index contributed by atoms with van der Waals surface area (Å²) in [6.45, 7) is 8.38. The molecule has 2 atom stereocenters. The molecular formula is C46H60N4O7S. The molecule has 0 aliphatic carbocycles. The van der Waals surface area contributed by atoms with Gasteiger partial charge in [0, 0.05) is 30.8 Å². The van der Waals surface area contributed by atoms with Crippen molar-refractivity contribution in [3.63, 3.8) is 0 Å². The van der Waals surface area contributed by atoms with Crippen molar-refractivity contribution < 1.29 is 32.3 Å². The van der Waals surface area contributed by atoms with Crippen LogP contribution >= 0.6 is 0 Å². The topological polar surface area (TPSA) is 126 Å². The van der Waals surface area contributed by atoms with Crippen LogP contribution < -0.4 is 14.8 Å². The number of ether oxygens (including phenoxy) is 2. The molecule has 3 aromatic carbocycles. The zero-order valence-electron chi connectivity index (χ0n) is 34.4. The van der Waals surface area contributed by atoms with Crippen molar-refractivity contribution in [1.29, 1.82) is 0 Å². The first-order valence-corrected chi connectivity index (χ1v) is 23.4. The van der Waals surface area contributed by atoms with Gasteiger partial charge < -0.3 is 24.2 Å². The van der Waals surface area contributed by atoms with E-state index in [1.807, 2.05) is 25.1 Å². The average Bonchev–Trinajstić information content (AvgIpc) is 3.55. The van der Waals surface area contributed by atoms with E-state index in [9.17, 15) is 22.8 Å². The smallest absolute Gasteiger partial charge is 0.255 e. The molecule has 3 aromatic rings. The Morgan fingerprint density at radius 2 is 1.57 bits per heavy atom. The minimum atomic E-state index is -3.40. The maximum absolute atomic E-state index is 13.9. The Hall–Kier alpha value is -4.26. The van der Waals surface area contributed by atoms with Crippen LogP contribution in [0.25, 0.3) is 0 Å². The fourth-order valence-electron chi connectivity index (χ4n) is 9.56. The number of carbonyl (C=O) groups is 3. The number of hydrogen-bond donors (Lipinski definition) is 1. The number of methoxy groups -OCH3 is 1. The van der Waals surface area contributed by atoms with E-state index in [0.29, 0.717) is 60.6 Å². The number of nitrogens with one attached hydrogen (secondary N) is 1. The first-order valence-electron chi connectivity index (χ1n) is 21.3. The summed E-state index contributed by atoms with van der Waals surface area (Å²) in [5.74, 6) is 0.761. The van der Waals surface area contributed by atoms with E-state index in [1.54, 1.807) is 24.1 Å². The highest BCUT2D eigenvalue weighted by Gasteiger charge is 2.36. The summed E-state index contributed by atoms with van der Waals surface area (Å²) in [6, 6.07) is 20.1. The van der Waals surface area contributed by atoms with Crippen molar-refractivity contribution >= 4 is 27.6 Å².